The van der Waals surface area contributed by atoms with E-state index in [1.54, 1.807) is 40.9 Å². The third kappa shape index (κ3) is 2.88. The number of rotatable bonds is 4. The third-order valence-electron chi connectivity index (χ3n) is 3.67. The molecule has 0 atom stereocenters. The van der Waals surface area contributed by atoms with Gasteiger partial charge in [0.2, 0.25) is 6.79 Å². The zero-order valence-electron chi connectivity index (χ0n) is 12.9. The van der Waals surface area contributed by atoms with E-state index in [4.69, 9.17) is 9.47 Å². The first-order valence-electron chi connectivity index (χ1n) is 7.39. The summed E-state index contributed by atoms with van der Waals surface area (Å²) in [6, 6.07) is 9.26. The third-order valence-corrected chi connectivity index (χ3v) is 5.87. The summed E-state index contributed by atoms with van der Waals surface area (Å²) in [5.41, 5.74) is 1.51. The van der Waals surface area contributed by atoms with E-state index in [-0.39, 0.29) is 12.7 Å². The number of carbonyl (C=O) groups is 1. The van der Waals surface area contributed by atoms with E-state index in [9.17, 15) is 4.79 Å². The van der Waals surface area contributed by atoms with Crippen molar-refractivity contribution in [1.29, 1.82) is 0 Å². The summed E-state index contributed by atoms with van der Waals surface area (Å²) < 4.78 is 10.6. The van der Waals surface area contributed by atoms with Crippen LogP contribution < -0.4 is 14.8 Å². The average molecular weight is 358 g/mol. The van der Waals surface area contributed by atoms with Gasteiger partial charge in [-0.2, -0.15) is 0 Å². The van der Waals surface area contributed by atoms with E-state index in [1.807, 2.05) is 18.4 Å². The van der Waals surface area contributed by atoms with Crippen molar-refractivity contribution in [3.63, 3.8) is 0 Å². The Hall–Kier alpha value is -2.38. The molecule has 0 bridgehead atoms. The van der Waals surface area contributed by atoms with Crippen LogP contribution in [0.1, 0.15) is 20.9 Å². The van der Waals surface area contributed by atoms with Crippen molar-refractivity contribution in [2.75, 3.05) is 6.79 Å². The number of amides is 1. The lowest BCUT2D eigenvalue weighted by atomic mass is 10.2. The zero-order valence-corrected chi connectivity index (χ0v) is 14.5. The number of nitrogens with zero attached hydrogens (tertiary/aromatic N) is 1. The van der Waals surface area contributed by atoms with Gasteiger partial charge in [0.1, 0.15) is 5.01 Å². The molecule has 1 amide bonds. The molecule has 7 heteroatoms. The van der Waals surface area contributed by atoms with Crippen molar-refractivity contribution in [3.05, 3.63) is 51.8 Å². The van der Waals surface area contributed by atoms with Crippen LogP contribution in [-0.2, 0) is 6.54 Å². The second-order valence-corrected chi connectivity index (χ2v) is 7.29. The maximum absolute atomic E-state index is 12.3. The lowest BCUT2D eigenvalue weighted by molar-refractivity contribution is 0.0951. The van der Waals surface area contributed by atoms with E-state index in [1.165, 1.54) is 0 Å². The highest BCUT2D eigenvalue weighted by atomic mass is 32.1. The summed E-state index contributed by atoms with van der Waals surface area (Å²) in [6.07, 6.45) is 0. The van der Waals surface area contributed by atoms with E-state index in [0.717, 1.165) is 20.5 Å². The Morgan fingerprint density at radius 3 is 3.00 bits per heavy atom. The van der Waals surface area contributed by atoms with Crippen molar-refractivity contribution in [2.24, 2.45) is 0 Å². The summed E-state index contributed by atoms with van der Waals surface area (Å²) in [6.45, 7) is 2.63. The van der Waals surface area contributed by atoms with Crippen LogP contribution >= 0.6 is 22.7 Å². The second-order valence-electron chi connectivity index (χ2n) is 5.26. The van der Waals surface area contributed by atoms with Gasteiger partial charge < -0.3 is 14.8 Å². The molecule has 2 aromatic heterocycles. The van der Waals surface area contributed by atoms with Crippen molar-refractivity contribution in [3.8, 4) is 21.4 Å². The molecule has 0 unspecified atom stereocenters. The molecule has 122 valence electrons. The number of fused-ring (bicyclic) bond motifs is 1. The monoisotopic (exact) mass is 358 g/mol. The first-order chi connectivity index (χ1) is 11.7. The van der Waals surface area contributed by atoms with E-state index in [0.29, 0.717) is 23.6 Å². The number of hydrogen-bond acceptors (Lipinski definition) is 6. The van der Waals surface area contributed by atoms with Gasteiger partial charge in [-0.05, 0) is 36.6 Å². The lowest BCUT2D eigenvalue weighted by Crippen LogP contribution is -2.22. The molecule has 1 aliphatic rings. The van der Waals surface area contributed by atoms with Crippen LogP contribution in [0.15, 0.2) is 35.7 Å². The Morgan fingerprint density at radius 1 is 1.29 bits per heavy atom. The molecular weight excluding hydrogens is 344 g/mol. The molecule has 5 nitrogen and oxygen atoms in total. The number of ether oxygens (including phenoxy) is 2. The summed E-state index contributed by atoms with van der Waals surface area (Å²) >= 11 is 3.28. The molecular formula is C17H14N2O3S2. The average Bonchev–Trinajstić information content (AvgIpc) is 3.32. The Labute approximate surface area is 146 Å². The van der Waals surface area contributed by atoms with Gasteiger partial charge in [-0.1, -0.05) is 6.07 Å². The largest absolute Gasteiger partial charge is 0.454 e. The highest BCUT2D eigenvalue weighted by Crippen LogP contribution is 2.33. The molecule has 24 heavy (non-hydrogen) atoms. The Morgan fingerprint density at radius 2 is 2.17 bits per heavy atom. The van der Waals surface area contributed by atoms with Crippen LogP contribution in [0.3, 0.4) is 0 Å². The number of benzene rings is 1. The molecule has 1 aromatic carbocycles. The topological polar surface area (TPSA) is 60.5 Å². The predicted molar refractivity (Wildman–Crippen MR) is 93.9 cm³/mol. The smallest absolute Gasteiger partial charge is 0.251 e. The van der Waals surface area contributed by atoms with Crippen LogP contribution in [0.4, 0.5) is 0 Å². The fourth-order valence-electron chi connectivity index (χ4n) is 2.40. The van der Waals surface area contributed by atoms with Crippen LogP contribution in [0, 0.1) is 6.92 Å². The van der Waals surface area contributed by atoms with Crippen molar-refractivity contribution >= 4 is 28.6 Å². The fourth-order valence-corrected chi connectivity index (χ4v) is 4.20. The number of hydrogen-bond donors (Lipinski definition) is 1. The van der Waals surface area contributed by atoms with Crippen LogP contribution in [-0.4, -0.2) is 17.7 Å². The Kier molecular flexibility index (Phi) is 3.95. The number of thiophene rings is 1. The van der Waals surface area contributed by atoms with Gasteiger partial charge >= 0.3 is 0 Å². The first-order valence-corrected chi connectivity index (χ1v) is 9.08. The second kappa shape index (κ2) is 6.26. The van der Waals surface area contributed by atoms with Gasteiger partial charge in [0.25, 0.3) is 5.91 Å². The zero-order chi connectivity index (χ0) is 16.5. The SMILES string of the molecule is Cc1nc(-c2cccs2)sc1CNC(=O)c1ccc2c(c1)OCO2. The molecule has 1 N–H and O–H groups in total. The molecule has 4 rings (SSSR count). The van der Waals surface area contributed by atoms with Gasteiger partial charge in [-0.25, -0.2) is 4.98 Å². The molecule has 0 spiro atoms. The van der Waals surface area contributed by atoms with Crippen LogP contribution in [0.25, 0.3) is 9.88 Å². The summed E-state index contributed by atoms with van der Waals surface area (Å²) in [5.74, 6) is 1.14. The molecule has 0 saturated heterocycles. The number of thiazole rings is 1. The Balaban J connectivity index is 1.46. The standard InChI is InChI=1S/C17H14N2O3S2/c1-10-15(24-17(19-10)14-3-2-6-23-14)8-18-16(20)11-4-5-12-13(7-11)22-9-21-12/h2-7H,8-9H2,1H3,(H,18,20). The molecule has 0 aliphatic carbocycles. The maximum atomic E-state index is 12.3. The summed E-state index contributed by atoms with van der Waals surface area (Å²) in [7, 11) is 0. The molecule has 3 heterocycles. The maximum Gasteiger partial charge on any atom is 0.251 e. The Bertz CT molecular complexity index is 887. The summed E-state index contributed by atoms with van der Waals surface area (Å²) in [4.78, 5) is 19.1. The minimum absolute atomic E-state index is 0.140. The number of carbonyl (C=O) groups excluding carboxylic acids is 1. The van der Waals surface area contributed by atoms with Gasteiger partial charge in [0.05, 0.1) is 17.1 Å². The van der Waals surface area contributed by atoms with Crippen molar-refractivity contribution in [1.82, 2.24) is 10.3 Å². The minimum atomic E-state index is -0.140. The normalized spacial score (nSPS) is 12.4. The van der Waals surface area contributed by atoms with Crippen LogP contribution in [0.5, 0.6) is 11.5 Å². The van der Waals surface area contributed by atoms with E-state index in [2.05, 4.69) is 16.4 Å². The van der Waals surface area contributed by atoms with Gasteiger partial charge in [0, 0.05) is 10.4 Å². The van der Waals surface area contributed by atoms with Gasteiger partial charge in [0.15, 0.2) is 11.5 Å². The molecule has 0 saturated carbocycles. The van der Waals surface area contributed by atoms with Gasteiger partial charge in [-0.15, -0.1) is 22.7 Å². The lowest BCUT2D eigenvalue weighted by Gasteiger charge is -2.05. The van der Waals surface area contributed by atoms with Crippen LogP contribution in [0.2, 0.25) is 0 Å². The molecule has 3 aromatic rings. The highest BCUT2D eigenvalue weighted by molar-refractivity contribution is 7.21. The number of aryl methyl sites for hydroxylation is 1. The highest BCUT2D eigenvalue weighted by Gasteiger charge is 2.17. The van der Waals surface area contributed by atoms with E-state index >= 15 is 0 Å². The fraction of sp³-hybridized carbons (Fsp3) is 0.176. The van der Waals surface area contributed by atoms with Crippen molar-refractivity contribution in [2.45, 2.75) is 13.5 Å². The molecule has 0 fully saturated rings. The molecule has 0 radical (unpaired) electrons. The van der Waals surface area contributed by atoms with E-state index < -0.39 is 0 Å². The number of nitrogens with one attached hydrogen (secondary N) is 1. The van der Waals surface area contributed by atoms with Gasteiger partial charge in [-0.3, -0.25) is 4.79 Å². The van der Waals surface area contributed by atoms with Crippen molar-refractivity contribution < 1.29 is 14.3 Å². The first kappa shape index (κ1) is 15.2. The predicted octanol–water partition coefficient (Wildman–Crippen LogP) is 3.84. The number of aromatic nitrogens is 1. The quantitative estimate of drug-likeness (QED) is 0.770. The molecule has 1 aliphatic heterocycles. The minimum Gasteiger partial charge on any atom is -0.454 e. The summed E-state index contributed by atoms with van der Waals surface area (Å²) in [5, 5.41) is 5.97.